The normalized spacial score (nSPS) is 12.6. The van der Waals surface area contributed by atoms with E-state index < -0.39 is 6.10 Å². The van der Waals surface area contributed by atoms with E-state index in [1.54, 1.807) is 0 Å². The summed E-state index contributed by atoms with van der Waals surface area (Å²) in [7, 11) is 0. The van der Waals surface area contributed by atoms with Gasteiger partial charge in [-0.25, -0.2) is 0 Å². The first-order valence-electron chi connectivity index (χ1n) is 7.69. The molecule has 21 heavy (non-hydrogen) atoms. The Hall–Kier alpha value is -1.55. The average Bonchev–Trinajstić information content (AvgIpc) is 2.40. The van der Waals surface area contributed by atoms with E-state index in [2.05, 4.69) is 31.0 Å². The summed E-state index contributed by atoms with van der Waals surface area (Å²) in [6, 6.07) is 8.27. The molecule has 1 aromatic carbocycles. The highest BCUT2D eigenvalue weighted by atomic mass is 16.3. The van der Waals surface area contributed by atoms with E-state index in [0.717, 1.165) is 17.9 Å². The van der Waals surface area contributed by atoms with Crippen LogP contribution in [-0.2, 0) is 4.79 Å². The van der Waals surface area contributed by atoms with Crippen LogP contribution in [0.4, 0.5) is 11.4 Å². The fraction of sp³-hybridized carbons (Fsp3) is 0.588. The standard InChI is InChI=1S/C17H28N2O2/c1-6-19(13(4)5)15-9-7-14(8-10-15)18-17(21)11-16(20)12(2)3/h7-10,12-13,16,20H,6,11H2,1-5H3,(H,18,21). The highest BCUT2D eigenvalue weighted by Gasteiger charge is 2.14. The molecule has 1 amide bonds. The molecule has 0 aliphatic rings. The molecule has 0 radical (unpaired) electrons. The third-order valence-corrected chi connectivity index (χ3v) is 3.61. The van der Waals surface area contributed by atoms with Crippen molar-refractivity contribution in [2.75, 3.05) is 16.8 Å². The molecule has 2 N–H and O–H groups in total. The van der Waals surface area contributed by atoms with E-state index in [1.807, 2.05) is 38.1 Å². The number of aliphatic hydroxyl groups is 1. The van der Waals surface area contributed by atoms with Gasteiger partial charge in [0, 0.05) is 24.0 Å². The van der Waals surface area contributed by atoms with E-state index in [9.17, 15) is 9.90 Å². The molecular weight excluding hydrogens is 264 g/mol. The molecule has 4 nitrogen and oxygen atoms in total. The summed E-state index contributed by atoms with van der Waals surface area (Å²) in [6.07, 6.45) is -0.465. The maximum atomic E-state index is 11.8. The quantitative estimate of drug-likeness (QED) is 0.811. The van der Waals surface area contributed by atoms with Crippen LogP contribution in [0.2, 0.25) is 0 Å². The zero-order valence-corrected chi connectivity index (χ0v) is 13.8. The van der Waals surface area contributed by atoms with Crippen LogP contribution in [0.3, 0.4) is 0 Å². The Bertz CT molecular complexity index is 441. The van der Waals surface area contributed by atoms with Crippen LogP contribution in [0.5, 0.6) is 0 Å². The SMILES string of the molecule is CCN(c1ccc(NC(=O)CC(O)C(C)C)cc1)C(C)C. The highest BCUT2D eigenvalue weighted by molar-refractivity contribution is 5.91. The van der Waals surface area contributed by atoms with Gasteiger partial charge in [-0.1, -0.05) is 13.8 Å². The van der Waals surface area contributed by atoms with Gasteiger partial charge in [-0.2, -0.15) is 0 Å². The van der Waals surface area contributed by atoms with Gasteiger partial charge in [-0.15, -0.1) is 0 Å². The van der Waals surface area contributed by atoms with Crippen molar-refractivity contribution in [2.45, 2.75) is 53.2 Å². The summed E-state index contributed by atoms with van der Waals surface area (Å²) in [5.74, 6) is -0.0672. The molecule has 4 heteroatoms. The van der Waals surface area contributed by atoms with Gasteiger partial charge in [0.25, 0.3) is 0 Å². The van der Waals surface area contributed by atoms with Crippen molar-refractivity contribution in [1.29, 1.82) is 0 Å². The predicted octanol–water partition coefficient (Wildman–Crippen LogP) is 3.27. The van der Waals surface area contributed by atoms with Crippen LogP contribution >= 0.6 is 0 Å². The van der Waals surface area contributed by atoms with Gasteiger partial charge in [0.1, 0.15) is 0 Å². The van der Waals surface area contributed by atoms with E-state index in [4.69, 9.17) is 0 Å². The lowest BCUT2D eigenvalue weighted by molar-refractivity contribution is -0.118. The number of hydrogen-bond acceptors (Lipinski definition) is 3. The Morgan fingerprint density at radius 1 is 1.19 bits per heavy atom. The summed E-state index contributed by atoms with van der Waals surface area (Å²) < 4.78 is 0. The Morgan fingerprint density at radius 2 is 1.76 bits per heavy atom. The number of nitrogens with zero attached hydrogens (tertiary/aromatic N) is 1. The lowest BCUT2D eigenvalue weighted by atomic mass is 10.0. The molecule has 118 valence electrons. The van der Waals surface area contributed by atoms with Gasteiger partial charge in [-0.05, 0) is 51.0 Å². The maximum Gasteiger partial charge on any atom is 0.226 e. The van der Waals surface area contributed by atoms with Crippen molar-refractivity contribution in [3.8, 4) is 0 Å². The summed E-state index contributed by atoms with van der Waals surface area (Å²) in [6.45, 7) is 11.2. The van der Waals surface area contributed by atoms with Crippen LogP contribution in [0.15, 0.2) is 24.3 Å². The lowest BCUT2D eigenvalue weighted by Gasteiger charge is -2.27. The monoisotopic (exact) mass is 292 g/mol. The Morgan fingerprint density at radius 3 is 2.19 bits per heavy atom. The lowest BCUT2D eigenvalue weighted by Crippen LogP contribution is -2.30. The number of nitrogens with one attached hydrogen (secondary N) is 1. The molecule has 0 saturated heterocycles. The third-order valence-electron chi connectivity index (χ3n) is 3.61. The van der Waals surface area contributed by atoms with E-state index >= 15 is 0 Å². The van der Waals surface area contributed by atoms with E-state index in [0.29, 0.717) is 6.04 Å². The van der Waals surface area contributed by atoms with Crippen LogP contribution < -0.4 is 10.2 Å². The zero-order chi connectivity index (χ0) is 16.0. The number of hydrogen-bond donors (Lipinski definition) is 2. The van der Waals surface area contributed by atoms with Gasteiger partial charge >= 0.3 is 0 Å². The van der Waals surface area contributed by atoms with Crippen LogP contribution in [0, 0.1) is 5.92 Å². The second-order valence-electron chi connectivity index (χ2n) is 5.99. The second kappa shape index (κ2) is 8.03. The first-order valence-corrected chi connectivity index (χ1v) is 7.69. The topological polar surface area (TPSA) is 52.6 Å². The molecule has 1 aromatic rings. The van der Waals surface area contributed by atoms with Crippen molar-refractivity contribution in [1.82, 2.24) is 0 Å². The number of anilines is 2. The molecule has 0 aliphatic carbocycles. The number of carbonyl (C=O) groups is 1. The average molecular weight is 292 g/mol. The Balaban J connectivity index is 2.64. The number of aliphatic hydroxyl groups excluding tert-OH is 1. The summed E-state index contributed by atoms with van der Waals surface area (Å²) in [5, 5.41) is 12.5. The van der Waals surface area contributed by atoms with Crippen molar-refractivity contribution < 1.29 is 9.90 Å². The van der Waals surface area contributed by atoms with Gasteiger partial charge in [0.15, 0.2) is 0 Å². The molecular formula is C17H28N2O2. The Kier molecular flexibility index (Phi) is 6.69. The highest BCUT2D eigenvalue weighted by Crippen LogP contribution is 2.20. The minimum atomic E-state index is -0.596. The molecule has 1 rings (SSSR count). The molecule has 0 bridgehead atoms. The molecule has 1 unspecified atom stereocenters. The minimum absolute atomic E-state index is 0.0854. The Labute approximate surface area is 128 Å². The molecule has 0 aromatic heterocycles. The molecule has 0 heterocycles. The van der Waals surface area contributed by atoms with Gasteiger partial charge in [0.2, 0.25) is 5.91 Å². The third kappa shape index (κ3) is 5.38. The first-order chi connectivity index (χ1) is 9.85. The first kappa shape index (κ1) is 17.5. The molecule has 1 atom stereocenters. The van der Waals surface area contributed by atoms with Gasteiger partial charge in [-0.3, -0.25) is 4.79 Å². The number of benzene rings is 1. The fourth-order valence-electron chi connectivity index (χ4n) is 2.22. The number of carbonyl (C=O) groups excluding carboxylic acids is 1. The van der Waals surface area contributed by atoms with Crippen molar-refractivity contribution in [3.05, 3.63) is 24.3 Å². The second-order valence-corrected chi connectivity index (χ2v) is 5.99. The maximum absolute atomic E-state index is 11.8. The molecule has 0 aliphatic heterocycles. The van der Waals surface area contributed by atoms with Crippen molar-refractivity contribution in [2.24, 2.45) is 5.92 Å². The largest absolute Gasteiger partial charge is 0.392 e. The molecule has 0 spiro atoms. The number of amides is 1. The molecule has 0 fully saturated rings. The van der Waals surface area contributed by atoms with E-state index in [-0.39, 0.29) is 18.2 Å². The van der Waals surface area contributed by atoms with Crippen LogP contribution in [0.1, 0.15) is 41.0 Å². The number of rotatable bonds is 7. The fourth-order valence-corrected chi connectivity index (χ4v) is 2.22. The predicted molar refractivity (Wildman–Crippen MR) is 88.7 cm³/mol. The zero-order valence-electron chi connectivity index (χ0n) is 13.8. The van der Waals surface area contributed by atoms with E-state index in [1.165, 1.54) is 0 Å². The molecule has 0 saturated carbocycles. The van der Waals surface area contributed by atoms with Crippen LogP contribution in [-0.4, -0.2) is 29.7 Å². The summed E-state index contributed by atoms with van der Waals surface area (Å²) in [4.78, 5) is 14.1. The summed E-state index contributed by atoms with van der Waals surface area (Å²) in [5.41, 5.74) is 1.91. The minimum Gasteiger partial charge on any atom is -0.392 e. The smallest absolute Gasteiger partial charge is 0.226 e. The van der Waals surface area contributed by atoms with Gasteiger partial charge in [0.05, 0.1) is 12.5 Å². The van der Waals surface area contributed by atoms with Crippen molar-refractivity contribution >= 4 is 17.3 Å². The van der Waals surface area contributed by atoms with Crippen molar-refractivity contribution in [3.63, 3.8) is 0 Å². The van der Waals surface area contributed by atoms with Gasteiger partial charge < -0.3 is 15.3 Å². The van der Waals surface area contributed by atoms with Crippen LogP contribution in [0.25, 0.3) is 0 Å². The summed E-state index contributed by atoms with van der Waals surface area (Å²) >= 11 is 0.